The molecule has 1 aromatic heterocycles. The van der Waals surface area contributed by atoms with Crippen molar-refractivity contribution in [1.82, 2.24) is 4.98 Å². The molecule has 0 bridgehead atoms. The average Bonchev–Trinajstić information content (AvgIpc) is 2.35. The first-order valence-electron chi connectivity index (χ1n) is 2.86. The highest BCUT2D eigenvalue weighted by atomic mass is 32.1. The lowest BCUT2D eigenvalue weighted by molar-refractivity contribution is 1.00. The molecule has 0 aliphatic rings. The molecular weight excluding hydrogens is 180 g/mol. The zero-order valence-electron chi connectivity index (χ0n) is 5.64. The second-order valence-corrected chi connectivity index (χ2v) is 3.21. The summed E-state index contributed by atoms with van der Waals surface area (Å²) in [5.74, 6) is 0.0280. The van der Waals surface area contributed by atoms with Crippen LogP contribution in [0.2, 0.25) is 0 Å². The van der Waals surface area contributed by atoms with Crippen molar-refractivity contribution in [1.29, 1.82) is 0 Å². The quantitative estimate of drug-likeness (QED) is 0.356. The van der Waals surface area contributed by atoms with Crippen molar-refractivity contribution >= 4 is 29.9 Å². The summed E-state index contributed by atoms with van der Waals surface area (Å²) >= 11 is 5.59. The van der Waals surface area contributed by atoms with Crippen molar-refractivity contribution in [2.45, 2.75) is 5.37 Å². The molecule has 1 atom stereocenters. The molecule has 0 saturated carbocycles. The van der Waals surface area contributed by atoms with Crippen LogP contribution in [0.3, 0.4) is 0 Å². The predicted molar refractivity (Wildman–Crippen MR) is 49.7 cm³/mol. The summed E-state index contributed by atoms with van der Waals surface area (Å²) in [7, 11) is 0. The maximum atomic E-state index is 5.16. The molecule has 1 rings (SSSR count). The average molecular weight is 188 g/mol. The van der Waals surface area contributed by atoms with Crippen LogP contribution in [-0.4, -0.2) is 10.9 Å². The fourth-order valence-corrected chi connectivity index (χ4v) is 1.50. The standard InChI is InChI=1S/C5H8N4S2/c6-5(7)9-3(10)4-8-1-2-11-4/h1-3,10H,(H4,6,7,9). The van der Waals surface area contributed by atoms with Crippen molar-refractivity contribution in [2.75, 3.05) is 0 Å². The minimum atomic E-state index is -0.333. The molecule has 1 aromatic rings. The van der Waals surface area contributed by atoms with Gasteiger partial charge >= 0.3 is 0 Å². The van der Waals surface area contributed by atoms with E-state index in [0.29, 0.717) is 0 Å². The van der Waals surface area contributed by atoms with Gasteiger partial charge in [-0.3, -0.25) is 0 Å². The van der Waals surface area contributed by atoms with Crippen molar-refractivity contribution in [2.24, 2.45) is 16.5 Å². The first-order valence-corrected chi connectivity index (χ1v) is 4.26. The fourth-order valence-electron chi connectivity index (χ4n) is 0.558. The number of nitrogens with zero attached hydrogens (tertiary/aromatic N) is 2. The first-order chi connectivity index (χ1) is 5.20. The summed E-state index contributed by atoms with van der Waals surface area (Å²) in [6.45, 7) is 0. The van der Waals surface area contributed by atoms with Gasteiger partial charge in [0.2, 0.25) is 0 Å². The summed E-state index contributed by atoms with van der Waals surface area (Å²) in [5.41, 5.74) is 10.3. The van der Waals surface area contributed by atoms with Gasteiger partial charge in [-0.25, -0.2) is 9.98 Å². The number of aliphatic imine (C=N–C) groups is 1. The van der Waals surface area contributed by atoms with Crippen LogP contribution in [0.1, 0.15) is 10.4 Å². The molecule has 1 unspecified atom stereocenters. The highest BCUT2D eigenvalue weighted by Crippen LogP contribution is 2.22. The Hall–Kier alpha value is -0.750. The molecule has 0 radical (unpaired) electrons. The van der Waals surface area contributed by atoms with Crippen LogP contribution in [0.25, 0.3) is 0 Å². The minimum absolute atomic E-state index is 0.0280. The predicted octanol–water partition coefficient (Wildman–Crippen LogP) is 0.345. The lowest BCUT2D eigenvalue weighted by Gasteiger charge is -1.99. The van der Waals surface area contributed by atoms with Crippen LogP contribution in [0, 0.1) is 0 Å². The summed E-state index contributed by atoms with van der Waals surface area (Å²) in [4.78, 5) is 7.80. The highest BCUT2D eigenvalue weighted by molar-refractivity contribution is 7.80. The molecule has 0 amide bonds. The Bertz CT molecular complexity index is 239. The zero-order chi connectivity index (χ0) is 8.27. The van der Waals surface area contributed by atoms with Crippen LogP contribution in [0.5, 0.6) is 0 Å². The maximum Gasteiger partial charge on any atom is 0.187 e. The van der Waals surface area contributed by atoms with E-state index in [2.05, 4.69) is 22.6 Å². The largest absolute Gasteiger partial charge is 0.370 e. The van der Waals surface area contributed by atoms with E-state index in [0.717, 1.165) is 5.01 Å². The molecule has 0 aromatic carbocycles. The smallest absolute Gasteiger partial charge is 0.187 e. The first kappa shape index (κ1) is 8.35. The van der Waals surface area contributed by atoms with E-state index >= 15 is 0 Å². The third-order valence-corrected chi connectivity index (χ3v) is 2.31. The topological polar surface area (TPSA) is 77.3 Å². The Morgan fingerprint density at radius 3 is 2.91 bits per heavy atom. The van der Waals surface area contributed by atoms with E-state index in [1.807, 2.05) is 5.38 Å². The van der Waals surface area contributed by atoms with Gasteiger partial charge in [0.05, 0.1) is 0 Å². The summed E-state index contributed by atoms with van der Waals surface area (Å²) in [6.07, 6.45) is 1.69. The second-order valence-electron chi connectivity index (χ2n) is 1.80. The van der Waals surface area contributed by atoms with Gasteiger partial charge in [-0.05, 0) is 0 Å². The number of thiol groups is 1. The number of guanidine groups is 1. The second kappa shape index (κ2) is 3.59. The van der Waals surface area contributed by atoms with E-state index < -0.39 is 0 Å². The molecule has 6 heteroatoms. The minimum Gasteiger partial charge on any atom is -0.370 e. The number of hydrogen-bond acceptors (Lipinski definition) is 4. The number of rotatable bonds is 2. The Morgan fingerprint density at radius 2 is 2.45 bits per heavy atom. The Kier molecular flexibility index (Phi) is 2.72. The Labute approximate surface area is 73.8 Å². The third-order valence-electron chi connectivity index (χ3n) is 0.944. The van der Waals surface area contributed by atoms with E-state index in [1.165, 1.54) is 11.3 Å². The van der Waals surface area contributed by atoms with Crippen LogP contribution in [0.4, 0.5) is 0 Å². The molecule has 4 nitrogen and oxygen atoms in total. The molecule has 0 fully saturated rings. The molecule has 4 N–H and O–H groups in total. The van der Waals surface area contributed by atoms with E-state index in [4.69, 9.17) is 11.5 Å². The van der Waals surface area contributed by atoms with Gasteiger partial charge in [0.25, 0.3) is 0 Å². The Balaban J connectivity index is 2.71. The highest BCUT2D eigenvalue weighted by Gasteiger charge is 2.05. The number of hydrogen-bond donors (Lipinski definition) is 3. The van der Waals surface area contributed by atoms with Crippen molar-refractivity contribution in [3.05, 3.63) is 16.6 Å². The van der Waals surface area contributed by atoms with Gasteiger partial charge in [-0.2, -0.15) is 0 Å². The number of aromatic nitrogens is 1. The number of nitrogens with two attached hydrogens (primary N) is 2. The SMILES string of the molecule is NC(N)=NC(S)c1nccs1. The van der Waals surface area contributed by atoms with Crippen molar-refractivity contribution in [3.63, 3.8) is 0 Å². The van der Waals surface area contributed by atoms with Gasteiger partial charge in [-0.1, -0.05) is 0 Å². The van der Waals surface area contributed by atoms with Crippen molar-refractivity contribution in [3.8, 4) is 0 Å². The fraction of sp³-hybridized carbons (Fsp3) is 0.200. The van der Waals surface area contributed by atoms with Crippen LogP contribution in [-0.2, 0) is 0 Å². The van der Waals surface area contributed by atoms with E-state index in [-0.39, 0.29) is 11.3 Å². The van der Waals surface area contributed by atoms with Crippen LogP contribution in [0.15, 0.2) is 16.6 Å². The van der Waals surface area contributed by atoms with Gasteiger partial charge in [0.15, 0.2) is 5.96 Å². The molecular formula is C5H8N4S2. The lowest BCUT2D eigenvalue weighted by atomic mass is 10.7. The monoisotopic (exact) mass is 188 g/mol. The summed E-state index contributed by atoms with van der Waals surface area (Å²) in [5, 5.41) is 2.31. The Morgan fingerprint density at radius 1 is 1.73 bits per heavy atom. The normalized spacial score (nSPS) is 12.5. The molecule has 0 saturated heterocycles. The molecule has 0 aliphatic heterocycles. The number of thiazole rings is 1. The van der Waals surface area contributed by atoms with E-state index in [1.54, 1.807) is 6.20 Å². The summed E-state index contributed by atoms with van der Waals surface area (Å²) in [6, 6.07) is 0. The molecule has 0 aliphatic carbocycles. The third kappa shape index (κ3) is 2.39. The van der Waals surface area contributed by atoms with Crippen molar-refractivity contribution < 1.29 is 0 Å². The van der Waals surface area contributed by atoms with Gasteiger partial charge in [0, 0.05) is 11.6 Å². The van der Waals surface area contributed by atoms with E-state index in [9.17, 15) is 0 Å². The van der Waals surface area contributed by atoms with Crippen LogP contribution < -0.4 is 11.5 Å². The lowest BCUT2D eigenvalue weighted by Crippen LogP contribution is -2.23. The van der Waals surface area contributed by atoms with Crippen LogP contribution >= 0.6 is 24.0 Å². The molecule has 60 valence electrons. The van der Waals surface area contributed by atoms with Gasteiger partial charge in [0.1, 0.15) is 10.4 Å². The van der Waals surface area contributed by atoms with Gasteiger partial charge in [-0.15, -0.1) is 24.0 Å². The zero-order valence-corrected chi connectivity index (χ0v) is 7.35. The molecule has 0 spiro atoms. The maximum absolute atomic E-state index is 5.16. The summed E-state index contributed by atoms with van der Waals surface area (Å²) < 4.78 is 0. The molecule has 1 heterocycles. The van der Waals surface area contributed by atoms with Gasteiger partial charge < -0.3 is 11.5 Å². The molecule has 11 heavy (non-hydrogen) atoms.